The number of hydrogen-bond donors (Lipinski definition) is 1. The standard InChI is InChI=1S/C12H14BrNO2S/c1-2-16-12(15)10-7-17-11(14-10)8-4-3-5-9(13)6-8/h3-6,10-11,14H,2,7H2,1H3. The molecule has 0 aromatic heterocycles. The van der Waals surface area contributed by atoms with Crippen molar-refractivity contribution in [1.82, 2.24) is 5.32 Å². The van der Waals surface area contributed by atoms with E-state index in [1.807, 2.05) is 19.1 Å². The van der Waals surface area contributed by atoms with Crippen LogP contribution >= 0.6 is 27.7 Å². The smallest absolute Gasteiger partial charge is 0.324 e. The number of esters is 1. The zero-order chi connectivity index (χ0) is 12.3. The van der Waals surface area contributed by atoms with Gasteiger partial charge in [0, 0.05) is 10.2 Å². The summed E-state index contributed by atoms with van der Waals surface area (Å²) in [5.74, 6) is 0.605. The molecule has 1 fully saturated rings. The Morgan fingerprint density at radius 2 is 2.47 bits per heavy atom. The first-order valence-corrected chi connectivity index (χ1v) is 7.34. The van der Waals surface area contributed by atoms with Crippen molar-refractivity contribution in [2.24, 2.45) is 0 Å². The Morgan fingerprint density at radius 1 is 1.65 bits per heavy atom. The summed E-state index contributed by atoms with van der Waals surface area (Å²) in [6, 6.07) is 7.93. The highest BCUT2D eigenvalue weighted by molar-refractivity contribution is 9.10. The molecule has 1 N–H and O–H groups in total. The van der Waals surface area contributed by atoms with Crippen molar-refractivity contribution < 1.29 is 9.53 Å². The molecular formula is C12H14BrNO2S. The van der Waals surface area contributed by atoms with Crippen molar-refractivity contribution in [3.05, 3.63) is 34.3 Å². The van der Waals surface area contributed by atoms with E-state index in [1.165, 1.54) is 5.56 Å². The number of ether oxygens (including phenoxy) is 1. The van der Waals surface area contributed by atoms with Gasteiger partial charge in [-0.25, -0.2) is 0 Å². The number of carbonyl (C=O) groups is 1. The van der Waals surface area contributed by atoms with Gasteiger partial charge in [-0.2, -0.15) is 0 Å². The molecule has 1 aromatic carbocycles. The quantitative estimate of drug-likeness (QED) is 0.870. The SMILES string of the molecule is CCOC(=O)C1CSC(c2cccc(Br)c2)N1. The summed E-state index contributed by atoms with van der Waals surface area (Å²) in [5, 5.41) is 3.46. The van der Waals surface area contributed by atoms with Gasteiger partial charge >= 0.3 is 5.97 Å². The zero-order valence-corrected chi connectivity index (χ0v) is 11.9. The van der Waals surface area contributed by atoms with E-state index in [2.05, 4.69) is 33.4 Å². The highest BCUT2D eigenvalue weighted by Gasteiger charge is 2.31. The van der Waals surface area contributed by atoms with E-state index < -0.39 is 0 Å². The third-order valence-corrected chi connectivity index (χ3v) is 4.27. The second-order valence-electron chi connectivity index (χ2n) is 3.74. The molecule has 0 spiro atoms. The van der Waals surface area contributed by atoms with Crippen LogP contribution in [0.1, 0.15) is 17.9 Å². The van der Waals surface area contributed by atoms with Crippen LogP contribution in [-0.4, -0.2) is 24.4 Å². The lowest BCUT2D eigenvalue weighted by Gasteiger charge is -2.12. The first-order chi connectivity index (χ1) is 8.20. The fraction of sp³-hybridized carbons (Fsp3) is 0.417. The number of benzene rings is 1. The lowest BCUT2D eigenvalue weighted by molar-refractivity contribution is -0.144. The molecule has 3 nitrogen and oxygen atoms in total. The van der Waals surface area contributed by atoms with Gasteiger partial charge in [-0.3, -0.25) is 10.1 Å². The van der Waals surface area contributed by atoms with Crippen molar-refractivity contribution in [2.45, 2.75) is 18.3 Å². The summed E-state index contributed by atoms with van der Waals surface area (Å²) >= 11 is 5.18. The second kappa shape index (κ2) is 5.89. The van der Waals surface area contributed by atoms with Crippen molar-refractivity contribution >= 4 is 33.7 Å². The highest BCUT2D eigenvalue weighted by Crippen LogP contribution is 2.33. The van der Waals surface area contributed by atoms with E-state index in [0.29, 0.717) is 6.61 Å². The van der Waals surface area contributed by atoms with Crippen LogP contribution in [0.5, 0.6) is 0 Å². The average molecular weight is 316 g/mol. The maximum atomic E-state index is 11.6. The Balaban J connectivity index is 2.00. The molecule has 1 aromatic rings. The normalized spacial score (nSPS) is 23.6. The number of nitrogens with one attached hydrogen (secondary N) is 1. The lowest BCUT2D eigenvalue weighted by Crippen LogP contribution is -2.35. The zero-order valence-electron chi connectivity index (χ0n) is 9.48. The number of rotatable bonds is 3. The van der Waals surface area contributed by atoms with Crippen molar-refractivity contribution in [3.63, 3.8) is 0 Å². The Labute approximate surface area is 113 Å². The van der Waals surface area contributed by atoms with Gasteiger partial charge in [-0.05, 0) is 24.6 Å². The van der Waals surface area contributed by atoms with Crippen LogP contribution in [0, 0.1) is 0 Å². The molecule has 0 radical (unpaired) electrons. The molecular weight excluding hydrogens is 302 g/mol. The Morgan fingerprint density at radius 3 is 3.18 bits per heavy atom. The largest absolute Gasteiger partial charge is 0.465 e. The molecule has 92 valence electrons. The van der Waals surface area contributed by atoms with Gasteiger partial charge < -0.3 is 4.74 Å². The van der Waals surface area contributed by atoms with Crippen LogP contribution in [0.25, 0.3) is 0 Å². The van der Waals surface area contributed by atoms with Crippen molar-refractivity contribution in [1.29, 1.82) is 0 Å². The Bertz CT molecular complexity index is 413. The molecule has 1 aliphatic rings. The molecule has 17 heavy (non-hydrogen) atoms. The fourth-order valence-electron chi connectivity index (χ4n) is 1.71. The van der Waals surface area contributed by atoms with E-state index >= 15 is 0 Å². The summed E-state index contributed by atoms with van der Waals surface area (Å²) < 4.78 is 6.06. The highest BCUT2D eigenvalue weighted by atomic mass is 79.9. The van der Waals surface area contributed by atoms with Gasteiger partial charge in [0.25, 0.3) is 0 Å². The van der Waals surface area contributed by atoms with Crippen LogP contribution in [0.4, 0.5) is 0 Å². The topological polar surface area (TPSA) is 38.3 Å². The van der Waals surface area contributed by atoms with Crippen LogP contribution < -0.4 is 5.32 Å². The predicted octanol–water partition coefficient (Wildman–Crippen LogP) is 2.72. The van der Waals surface area contributed by atoms with E-state index in [0.717, 1.165) is 10.2 Å². The molecule has 1 heterocycles. The van der Waals surface area contributed by atoms with E-state index in [1.54, 1.807) is 11.8 Å². The summed E-state index contributed by atoms with van der Waals surface area (Å²) in [6.45, 7) is 2.26. The van der Waals surface area contributed by atoms with E-state index in [-0.39, 0.29) is 17.4 Å². The predicted molar refractivity (Wildman–Crippen MR) is 72.9 cm³/mol. The van der Waals surface area contributed by atoms with Gasteiger partial charge in [-0.15, -0.1) is 11.8 Å². The Kier molecular flexibility index (Phi) is 4.48. The van der Waals surface area contributed by atoms with Crippen molar-refractivity contribution in [3.8, 4) is 0 Å². The van der Waals surface area contributed by atoms with Gasteiger partial charge in [0.2, 0.25) is 0 Å². The minimum atomic E-state index is -0.191. The molecule has 0 saturated carbocycles. The first-order valence-electron chi connectivity index (χ1n) is 5.50. The number of thioether (sulfide) groups is 1. The van der Waals surface area contributed by atoms with Crippen LogP contribution in [0.3, 0.4) is 0 Å². The molecule has 0 aliphatic carbocycles. The minimum absolute atomic E-state index is 0.155. The summed E-state index contributed by atoms with van der Waals surface area (Å²) in [4.78, 5) is 11.6. The van der Waals surface area contributed by atoms with Gasteiger partial charge in [-0.1, -0.05) is 28.1 Å². The molecule has 1 aliphatic heterocycles. The third kappa shape index (κ3) is 3.24. The third-order valence-electron chi connectivity index (χ3n) is 2.50. The molecule has 5 heteroatoms. The monoisotopic (exact) mass is 315 g/mol. The van der Waals surface area contributed by atoms with Crippen LogP contribution in [0.2, 0.25) is 0 Å². The summed E-state index contributed by atoms with van der Waals surface area (Å²) in [6.07, 6.45) is 0. The molecule has 0 amide bonds. The number of halogens is 1. The molecule has 1 saturated heterocycles. The summed E-state index contributed by atoms with van der Waals surface area (Å²) in [5.41, 5.74) is 1.18. The fourth-order valence-corrected chi connectivity index (χ4v) is 3.35. The molecule has 2 atom stereocenters. The van der Waals surface area contributed by atoms with Gasteiger partial charge in [0.1, 0.15) is 6.04 Å². The molecule has 2 rings (SSSR count). The van der Waals surface area contributed by atoms with E-state index in [9.17, 15) is 4.79 Å². The second-order valence-corrected chi connectivity index (χ2v) is 5.79. The van der Waals surface area contributed by atoms with E-state index in [4.69, 9.17) is 4.74 Å². The maximum Gasteiger partial charge on any atom is 0.324 e. The van der Waals surface area contributed by atoms with Gasteiger partial charge in [0.05, 0.1) is 12.0 Å². The van der Waals surface area contributed by atoms with Crippen molar-refractivity contribution in [2.75, 3.05) is 12.4 Å². The summed E-state index contributed by atoms with van der Waals surface area (Å²) in [7, 11) is 0. The lowest BCUT2D eigenvalue weighted by atomic mass is 10.2. The minimum Gasteiger partial charge on any atom is -0.465 e. The van der Waals surface area contributed by atoms with Gasteiger partial charge in [0.15, 0.2) is 0 Å². The first kappa shape index (κ1) is 12.9. The average Bonchev–Trinajstić information content (AvgIpc) is 2.78. The molecule has 0 bridgehead atoms. The van der Waals surface area contributed by atoms with Crippen LogP contribution in [0.15, 0.2) is 28.7 Å². The maximum absolute atomic E-state index is 11.6. The van der Waals surface area contributed by atoms with Crippen LogP contribution in [-0.2, 0) is 9.53 Å². The molecule has 2 unspecified atom stereocenters. The number of hydrogen-bond acceptors (Lipinski definition) is 4. The Hall–Kier alpha value is -0.520. The number of carbonyl (C=O) groups excluding carboxylic acids is 1.